The lowest BCUT2D eigenvalue weighted by molar-refractivity contribution is 0.423. The maximum absolute atomic E-state index is 13.3. The zero-order chi connectivity index (χ0) is 14.0. The van der Waals surface area contributed by atoms with Crippen molar-refractivity contribution in [3.8, 4) is 0 Å². The number of benzene rings is 1. The van der Waals surface area contributed by atoms with E-state index in [9.17, 15) is 9.18 Å². The molecule has 0 saturated heterocycles. The predicted octanol–water partition coefficient (Wildman–Crippen LogP) is -0.581. The van der Waals surface area contributed by atoms with Crippen LogP contribution in [-0.4, -0.2) is 26.7 Å². The summed E-state index contributed by atoms with van der Waals surface area (Å²) in [6, 6.07) is 3.93. The molecule has 1 heterocycles. The number of nitrogens with zero attached hydrogens (tertiary/aromatic N) is 2. The Hall–Kier alpha value is -1.99. The van der Waals surface area contributed by atoms with Gasteiger partial charge in [0.25, 0.3) is 0 Å². The number of hydrogen-bond acceptors (Lipinski definition) is 4. The van der Waals surface area contributed by atoms with Gasteiger partial charge >= 0.3 is 12.8 Å². The Labute approximate surface area is 109 Å². The van der Waals surface area contributed by atoms with Gasteiger partial charge in [-0.3, -0.25) is 4.57 Å². The van der Waals surface area contributed by atoms with E-state index in [1.165, 1.54) is 22.9 Å². The van der Waals surface area contributed by atoms with Gasteiger partial charge in [-0.05, 0) is 24.1 Å². The average molecular weight is 262 g/mol. The first kappa shape index (κ1) is 13.4. The van der Waals surface area contributed by atoms with Crippen LogP contribution in [0.1, 0.15) is 11.1 Å². The molecule has 2 N–H and O–H groups in total. The van der Waals surface area contributed by atoms with Gasteiger partial charge in [0.05, 0.1) is 6.54 Å². The second-order valence-electron chi connectivity index (χ2n) is 4.27. The third-order valence-corrected chi connectivity index (χ3v) is 2.68. The Morgan fingerprint density at radius 3 is 2.84 bits per heavy atom. The minimum atomic E-state index is -1.88. The van der Waals surface area contributed by atoms with Crippen LogP contribution in [0.3, 0.4) is 0 Å². The number of hydrogen-bond donors (Lipinski definition) is 2. The van der Waals surface area contributed by atoms with Crippen molar-refractivity contribution in [3.05, 3.63) is 58.0 Å². The van der Waals surface area contributed by atoms with Crippen molar-refractivity contribution in [1.29, 1.82) is 0 Å². The minimum Gasteiger partial charge on any atom is -0.423 e. The van der Waals surface area contributed by atoms with Crippen molar-refractivity contribution in [2.45, 2.75) is 13.5 Å². The molecular formula is C12H12BFN2O3. The zero-order valence-corrected chi connectivity index (χ0v) is 10.2. The molecule has 98 valence electrons. The van der Waals surface area contributed by atoms with Crippen LogP contribution < -0.4 is 11.2 Å². The third-order valence-electron chi connectivity index (χ3n) is 2.68. The first-order valence-corrected chi connectivity index (χ1v) is 5.65. The highest BCUT2D eigenvalue weighted by Crippen LogP contribution is 2.03. The Balaban J connectivity index is 2.36. The lowest BCUT2D eigenvalue weighted by atomic mass is 9.79. The fraction of sp³-hybridized carbons (Fsp3) is 0.167. The quantitative estimate of drug-likeness (QED) is 0.725. The van der Waals surface area contributed by atoms with Crippen molar-refractivity contribution < 1.29 is 14.4 Å². The molecule has 0 atom stereocenters. The summed E-state index contributed by atoms with van der Waals surface area (Å²) in [5, 5.41) is 18.1. The summed E-state index contributed by atoms with van der Waals surface area (Å²) < 4.78 is 14.7. The van der Waals surface area contributed by atoms with Gasteiger partial charge in [0, 0.05) is 17.9 Å². The van der Waals surface area contributed by atoms with Crippen LogP contribution in [0.4, 0.5) is 4.39 Å². The molecule has 0 fully saturated rings. The second-order valence-corrected chi connectivity index (χ2v) is 4.27. The second kappa shape index (κ2) is 5.33. The van der Waals surface area contributed by atoms with Crippen LogP contribution in [0.15, 0.2) is 35.4 Å². The molecule has 0 amide bonds. The number of aromatic nitrogens is 2. The molecular weight excluding hydrogens is 250 g/mol. The third kappa shape index (κ3) is 3.07. The van der Waals surface area contributed by atoms with Crippen LogP contribution in [-0.2, 0) is 6.54 Å². The summed E-state index contributed by atoms with van der Waals surface area (Å²) >= 11 is 0. The van der Waals surface area contributed by atoms with Gasteiger partial charge in [-0.25, -0.2) is 14.2 Å². The normalized spacial score (nSPS) is 10.5. The first-order chi connectivity index (χ1) is 8.97. The predicted molar refractivity (Wildman–Crippen MR) is 68.6 cm³/mol. The Kier molecular flexibility index (Phi) is 3.78. The molecule has 5 nitrogen and oxygen atoms in total. The summed E-state index contributed by atoms with van der Waals surface area (Å²) in [4.78, 5) is 15.2. The van der Waals surface area contributed by atoms with Crippen molar-refractivity contribution >= 4 is 12.6 Å². The Morgan fingerprint density at radius 2 is 2.16 bits per heavy atom. The fourth-order valence-corrected chi connectivity index (χ4v) is 1.76. The van der Waals surface area contributed by atoms with Crippen molar-refractivity contribution in [2.75, 3.05) is 0 Å². The topological polar surface area (TPSA) is 75.4 Å². The molecule has 19 heavy (non-hydrogen) atoms. The summed E-state index contributed by atoms with van der Waals surface area (Å²) in [6.45, 7) is 1.99. The van der Waals surface area contributed by atoms with Crippen LogP contribution in [0.25, 0.3) is 0 Å². The van der Waals surface area contributed by atoms with Gasteiger partial charge in [-0.15, -0.1) is 0 Å². The zero-order valence-electron chi connectivity index (χ0n) is 10.2. The highest BCUT2D eigenvalue weighted by atomic mass is 19.1. The highest BCUT2D eigenvalue weighted by molar-refractivity contribution is 6.58. The van der Waals surface area contributed by atoms with Gasteiger partial charge in [-0.1, -0.05) is 12.1 Å². The minimum absolute atomic E-state index is 0.188. The van der Waals surface area contributed by atoms with E-state index >= 15 is 0 Å². The van der Waals surface area contributed by atoms with Gasteiger partial charge in [0.15, 0.2) is 0 Å². The lowest BCUT2D eigenvalue weighted by Crippen LogP contribution is -2.33. The van der Waals surface area contributed by atoms with Gasteiger partial charge in [0.2, 0.25) is 0 Å². The van der Waals surface area contributed by atoms with E-state index in [2.05, 4.69) is 4.98 Å². The van der Waals surface area contributed by atoms with Gasteiger partial charge < -0.3 is 10.0 Å². The summed E-state index contributed by atoms with van der Waals surface area (Å²) in [5.74, 6) is -0.700. The molecule has 0 bridgehead atoms. The molecule has 0 aliphatic heterocycles. The standard InChI is InChI=1S/C12H12BFN2O3/c1-8-5-15-12(17)16(6-8)7-9-2-3-11(14)10(4-9)13(18)19/h2-6,18-19H,7H2,1H3. The molecule has 2 aromatic rings. The maximum atomic E-state index is 13.3. The lowest BCUT2D eigenvalue weighted by Gasteiger charge is -2.08. The van der Waals surface area contributed by atoms with Crippen LogP contribution >= 0.6 is 0 Å². The molecule has 0 saturated carbocycles. The molecule has 2 rings (SSSR count). The maximum Gasteiger partial charge on any atom is 0.491 e. The van der Waals surface area contributed by atoms with Crippen LogP contribution in [0.5, 0.6) is 0 Å². The van der Waals surface area contributed by atoms with E-state index in [-0.39, 0.29) is 12.0 Å². The van der Waals surface area contributed by atoms with Gasteiger partial charge in [0.1, 0.15) is 5.82 Å². The van der Waals surface area contributed by atoms with Crippen molar-refractivity contribution in [2.24, 2.45) is 0 Å². The number of halogens is 1. The molecule has 1 aromatic heterocycles. The molecule has 0 aliphatic carbocycles. The van der Waals surface area contributed by atoms with E-state index in [1.54, 1.807) is 13.1 Å². The van der Waals surface area contributed by atoms with E-state index in [0.29, 0.717) is 5.56 Å². The first-order valence-electron chi connectivity index (χ1n) is 5.65. The molecule has 0 aliphatic rings. The van der Waals surface area contributed by atoms with E-state index in [4.69, 9.17) is 10.0 Å². The smallest absolute Gasteiger partial charge is 0.423 e. The SMILES string of the molecule is Cc1cnc(=O)n(Cc2ccc(F)c(B(O)O)c2)c1. The Bertz CT molecular complexity index is 658. The molecule has 0 unspecified atom stereocenters. The Morgan fingerprint density at radius 1 is 1.42 bits per heavy atom. The summed E-state index contributed by atoms with van der Waals surface area (Å²) in [7, 11) is -1.88. The summed E-state index contributed by atoms with van der Waals surface area (Å²) in [6.07, 6.45) is 3.10. The number of aryl methyl sites for hydroxylation is 1. The van der Waals surface area contributed by atoms with E-state index in [1.807, 2.05) is 0 Å². The average Bonchev–Trinajstić information content (AvgIpc) is 2.36. The monoisotopic (exact) mass is 262 g/mol. The van der Waals surface area contributed by atoms with Gasteiger partial charge in [-0.2, -0.15) is 0 Å². The molecule has 0 spiro atoms. The molecule has 0 radical (unpaired) electrons. The van der Waals surface area contributed by atoms with E-state index in [0.717, 1.165) is 11.6 Å². The van der Waals surface area contributed by atoms with Crippen LogP contribution in [0.2, 0.25) is 0 Å². The number of rotatable bonds is 3. The molecule has 1 aromatic carbocycles. The molecule has 7 heteroatoms. The highest BCUT2D eigenvalue weighted by Gasteiger charge is 2.16. The fourth-order valence-electron chi connectivity index (χ4n) is 1.76. The van der Waals surface area contributed by atoms with Crippen molar-refractivity contribution in [1.82, 2.24) is 9.55 Å². The van der Waals surface area contributed by atoms with Crippen molar-refractivity contribution in [3.63, 3.8) is 0 Å². The van der Waals surface area contributed by atoms with Crippen LogP contribution in [0, 0.1) is 12.7 Å². The largest absolute Gasteiger partial charge is 0.491 e. The van der Waals surface area contributed by atoms with E-state index < -0.39 is 18.6 Å². The summed E-state index contributed by atoms with van der Waals surface area (Å²) in [5.41, 5.74) is 0.773.